The van der Waals surface area contributed by atoms with Crippen molar-refractivity contribution < 1.29 is 9.50 Å². The van der Waals surface area contributed by atoms with Crippen molar-refractivity contribution in [2.45, 2.75) is 39.2 Å². The lowest BCUT2D eigenvalue weighted by Gasteiger charge is -2.18. The van der Waals surface area contributed by atoms with Crippen LogP contribution in [0.3, 0.4) is 0 Å². The molecule has 0 aromatic heterocycles. The topological polar surface area (TPSA) is 20.2 Å². The van der Waals surface area contributed by atoms with Gasteiger partial charge in [-0.05, 0) is 52.4 Å². The van der Waals surface area contributed by atoms with E-state index in [1.807, 2.05) is 6.92 Å². The van der Waals surface area contributed by atoms with Crippen molar-refractivity contribution in [3.63, 3.8) is 0 Å². The molecule has 1 N–H and O–H groups in total. The summed E-state index contributed by atoms with van der Waals surface area (Å²) in [7, 11) is 0. The zero-order valence-corrected chi connectivity index (χ0v) is 11.3. The first kappa shape index (κ1) is 13.7. The average Bonchev–Trinajstić information content (AvgIpc) is 2.24. The highest BCUT2D eigenvalue weighted by Gasteiger charge is 2.14. The zero-order chi connectivity index (χ0) is 12.1. The molecule has 1 aromatic rings. The molecule has 2 unspecified atom stereocenters. The van der Waals surface area contributed by atoms with E-state index in [-0.39, 0.29) is 17.8 Å². The Hall–Kier alpha value is -0.410. The lowest BCUT2D eigenvalue weighted by atomic mass is 9.94. The minimum absolute atomic E-state index is 0.264. The highest BCUT2D eigenvalue weighted by atomic mass is 79.9. The van der Waals surface area contributed by atoms with Gasteiger partial charge in [-0.3, -0.25) is 0 Å². The summed E-state index contributed by atoms with van der Waals surface area (Å²) in [6.07, 6.45) is 2.33. The molecule has 0 heterocycles. The second-order valence-electron chi connectivity index (χ2n) is 4.29. The molecule has 0 radical (unpaired) electrons. The molecule has 1 rings (SSSR count). The van der Waals surface area contributed by atoms with Gasteiger partial charge in [0, 0.05) is 0 Å². The van der Waals surface area contributed by atoms with E-state index in [1.165, 1.54) is 6.07 Å². The molecule has 0 aliphatic rings. The van der Waals surface area contributed by atoms with E-state index in [0.29, 0.717) is 10.9 Å². The van der Waals surface area contributed by atoms with E-state index in [2.05, 4.69) is 22.9 Å². The smallest absolute Gasteiger partial charge is 0.137 e. The average molecular weight is 289 g/mol. The van der Waals surface area contributed by atoms with Gasteiger partial charge >= 0.3 is 0 Å². The largest absolute Gasteiger partial charge is 0.393 e. The van der Waals surface area contributed by atoms with Crippen LogP contribution in [-0.4, -0.2) is 11.2 Å². The Morgan fingerprint density at radius 1 is 1.44 bits per heavy atom. The first-order valence-electron chi connectivity index (χ1n) is 5.66. The fourth-order valence-electron chi connectivity index (χ4n) is 1.76. The van der Waals surface area contributed by atoms with Crippen molar-refractivity contribution in [2.75, 3.05) is 0 Å². The lowest BCUT2D eigenvalue weighted by Crippen LogP contribution is -2.20. The second-order valence-corrected chi connectivity index (χ2v) is 5.14. The van der Waals surface area contributed by atoms with Crippen LogP contribution in [0.1, 0.15) is 32.3 Å². The predicted molar refractivity (Wildman–Crippen MR) is 67.9 cm³/mol. The van der Waals surface area contributed by atoms with E-state index >= 15 is 0 Å². The van der Waals surface area contributed by atoms with Crippen LogP contribution in [0.4, 0.5) is 4.39 Å². The molecule has 0 amide bonds. The molecule has 0 fully saturated rings. The molecule has 1 nitrogen and oxygen atoms in total. The summed E-state index contributed by atoms with van der Waals surface area (Å²) in [4.78, 5) is 0. The summed E-state index contributed by atoms with van der Waals surface area (Å²) in [5, 5.41) is 9.95. The first-order chi connectivity index (χ1) is 7.54. The molecular formula is C13H18BrFO. The monoisotopic (exact) mass is 288 g/mol. The number of rotatable bonds is 5. The zero-order valence-electron chi connectivity index (χ0n) is 9.71. The SMILES string of the molecule is CCCC(C)C(O)Cc1ccc(F)c(Br)c1. The van der Waals surface area contributed by atoms with Gasteiger partial charge in [0.15, 0.2) is 0 Å². The molecule has 0 spiro atoms. The van der Waals surface area contributed by atoms with Crippen molar-refractivity contribution in [3.05, 3.63) is 34.1 Å². The van der Waals surface area contributed by atoms with Crippen molar-refractivity contribution in [1.29, 1.82) is 0 Å². The van der Waals surface area contributed by atoms with E-state index in [9.17, 15) is 9.50 Å². The highest BCUT2D eigenvalue weighted by Crippen LogP contribution is 2.20. The molecule has 16 heavy (non-hydrogen) atoms. The molecule has 0 saturated carbocycles. The van der Waals surface area contributed by atoms with Crippen LogP contribution in [0, 0.1) is 11.7 Å². The van der Waals surface area contributed by atoms with Crippen LogP contribution in [0.5, 0.6) is 0 Å². The fourth-order valence-corrected chi connectivity index (χ4v) is 2.18. The number of halogens is 2. The number of hydrogen-bond acceptors (Lipinski definition) is 1. The van der Waals surface area contributed by atoms with Gasteiger partial charge in [0.05, 0.1) is 10.6 Å². The van der Waals surface area contributed by atoms with E-state index in [1.54, 1.807) is 12.1 Å². The van der Waals surface area contributed by atoms with Crippen LogP contribution >= 0.6 is 15.9 Å². The van der Waals surface area contributed by atoms with E-state index in [0.717, 1.165) is 18.4 Å². The van der Waals surface area contributed by atoms with Gasteiger partial charge in [-0.1, -0.05) is 26.3 Å². The number of aliphatic hydroxyl groups excluding tert-OH is 1. The summed E-state index contributed by atoms with van der Waals surface area (Å²) in [6, 6.07) is 4.88. The van der Waals surface area contributed by atoms with Crippen LogP contribution in [0.15, 0.2) is 22.7 Å². The quantitative estimate of drug-likeness (QED) is 0.870. The van der Waals surface area contributed by atoms with E-state index in [4.69, 9.17) is 0 Å². The van der Waals surface area contributed by atoms with Crippen molar-refractivity contribution >= 4 is 15.9 Å². The summed E-state index contributed by atoms with van der Waals surface area (Å²) < 4.78 is 13.5. The van der Waals surface area contributed by atoms with Crippen LogP contribution in [0.25, 0.3) is 0 Å². The van der Waals surface area contributed by atoms with Crippen LogP contribution in [0.2, 0.25) is 0 Å². The third kappa shape index (κ3) is 3.87. The Bertz CT molecular complexity index is 341. The summed E-state index contributed by atoms with van der Waals surface area (Å²) >= 11 is 3.15. The standard InChI is InChI=1S/C13H18BrFO/c1-3-4-9(2)13(16)8-10-5-6-12(15)11(14)7-10/h5-7,9,13,16H,3-4,8H2,1-2H3. The number of hydrogen-bond donors (Lipinski definition) is 1. The fraction of sp³-hybridized carbons (Fsp3) is 0.538. The molecule has 0 aliphatic carbocycles. The Morgan fingerprint density at radius 2 is 2.12 bits per heavy atom. The number of benzene rings is 1. The Labute approximate surface area is 105 Å². The summed E-state index contributed by atoms with van der Waals surface area (Å²) in [5.74, 6) is 0.0219. The maximum Gasteiger partial charge on any atom is 0.137 e. The highest BCUT2D eigenvalue weighted by molar-refractivity contribution is 9.10. The van der Waals surface area contributed by atoms with Gasteiger partial charge in [-0.2, -0.15) is 0 Å². The molecular weight excluding hydrogens is 271 g/mol. The van der Waals surface area contributed by atoms with Gasteiger partial charge in [0.1, 0.15) is 5.82 Å². The van der Waals surface area contributed by atoms with Crippen molar-refractivity contribution in [3.8, 4) is 0 Å². The maximum atomic E-state index is 13.0. The molecule has 0 saturated heterocycles. The summed E-state index contributed by atoms with van der Waals surface area (Å²) in [6.45, 7) is 4.16. The normalized spacial score (nSPS) is 14.8. The van der Waals surface area contributed by atoms with Crippen molar-refractivity contribution in [2.24, 2.45) is 5.92 Å². The number of aliphatic hydroxyl groups is 1. The van der Waals surface area contributed by atoms with Crippen LogP contribution < -0.4 is 0 Å². The third-order valence-electron chi connectivity index (χ3n) is 2.83. The molecule has 0 aliphatic heterocycles. The van der Waals surface area contributed by atoms with Crippen molar-refractivity contribution in [1.82, 2.24) is 0 Å². The summed E-state index contributed by atoms with van der Waals surface area (Å²) in [5.41, 5.74) is 0.962. The van der Waals surface area contributed by atoms with Crippen LogP contribution in [-0.2, 0) is 6.42 Å². The van der Waals surface area contributed by atoms with Gasteiger partial charge < -0.3 is 5.11 Å². The van der Waals surface area contributed by atoms with Gasteiger partial charge in [-0.25, -0.2) is 4.39 Å². The van der Waals surface area contributed by atoms with Gasteiger partial charge in [-0.15, -0.1) is 0 Å². The van der Waals surface area contributed by atoms with Gasteiger partial charge in [0.25, 0.3) is 0 Å². The minimum atomic E-state index is -0.350. The molecule has 0 bridgehead atoms. The minimum Gasteiger partial charge on any atom is -0.393 e. The third-order valence-corrected chi connectivity index (χ3v) is 3.44. The first-order valence-corrected chi connectivity index (χ1v) is 6.46. The Balaban J connectivity index is 2.62. The molecule has 1 aromatic carbocycles. The van der Waals surface area contributed by atoms with Gasteiger partial charge in [0.2, 0.25) is 0 Å². The van der Waals surface area contributed by atoms with E-state index < -0.39 is 0 Å². The molecule has 3 heteroatoms. The maximum absolute atomic E-state index is 13.0. The second kappa shape index (κ2) is 6.36. The lowest BCUT2D eigenvalue weighted by molar-refractivity contribution is 0.111. The Kier molecular flexibility index (Phi) is 5.42. The molecule has 2 atom stereocenters. The molecule has 90 valence electrons. The predicted octanol–water partition coefficient (Wildman–Crippen LogP) is 3.93. The Morgan fingerprint density at radius 3 is 2.69 bits per heavy atom.